The Hall–Kier alpha value is -3.14. The first-order valence-corrected chi connectivity index (χ1v) is 11.0. The zero-order valence-electron chi connectivity index (χ0n) is 18.8. The molecule has 180 valence electrons. The molecule has 4 rings (SSSR count). The van der Waals surface area contributed by atoms with Crippen LogP contribution in [0.4, 0.5) is 5.82 Å². The summed E-state index contributed by atoms with van der Waals surface area (Å²) in [4.78, 5) is 13.2. The lowest BCUT2D eigenvalue weighted by molar-refractivity contribution is 0.324. The first kappa shape index (κ1) is 25.5. The number of anilines is 1. The van der Waals surface area contributed by atoms with Gasteiger partial charge in [0.15, 0.2) is 32.8 Å². The van der Waals surface area contributed by atoms with Gasteiger partial charge >= 0.3 is 0 Å². The van der Waals surface area contributed by atoms with E-state index in [1.165, 1.54) is 6.33 Å². The number of rotatable bonds is 6. The molecule has 4 aromatic rings. The van der Waals surface area contributed by atoms with Gasteiger partial charge in [0.05, 0.1) is 28.4 Å². The second kappa shape index (κ2) is 11.3. The van der Waals surface area contributed by atoms with Crippen LogP contribution in [0.5, 0.6) is 23.0 Å². The number of methoxy groups -OCH3 is 4. The predicted molar refractivity (Wildman–Crippen MR) is 134 cm³/mol. The monoisotopic (exact) mass is 525 g/mol. The van der Waals surface area contributed by atoms with Gasteiger partial charge in [-0.05, 0) is 36.4 Å². The Morgan fingerprint density at radius 1 is 0.853 bits per heavy atom. The molecule has 0 saturated carbocycles. The Morgan fingerprint density at radius 3 is 1.94 bits per heavy atom. The van der Waals surface area contributed by atoms with Crippen molar-refractivity contribution in [3.63, 3.8) is 0 Å². The Labute approximate surface area is 211 Å². The third-order valence-corrected chi connectivity index (χ3v) is 4.73. The summed E-state index contributed by atoms with van der Waals surface area (Å²) in [7, 11) is 6.31. The zero-order chi connectivity index (χ0) is 24.8. The molecule has 2 aromatic carbocycles. The highest BCUT2D eigenvalue weighted by molar-refractivity contribution is 6.63. The summed E-state index contributed by atoms with van der Waals surface area (Å²) in [5, 5.41) is 0. The van der Waals surface area contributed by atoms with Gasteiger partial charge in [-0.1, -0.05) is 34.8 Å². The number of halogens is 3. The third kappa shape index (κ3) is 5.32. The maximum Gasteiger partial charge on any atom is 0.203 e. The molecule has 0 amide bonds. The van der Waals surface area contributed by atoms with Crippen LogP contribution >= 0.6 is 34.8 Å². The van der Waals surface area contributed by atoms with Crippen molar-refractivity contribution in [2.75, 3.05) is 34.2 Å². The van der Waals surface area contributed by atoms with E-state index < -0.39 is 4.30 Å². The number of benzene rings is 2. The Kier molecular flexibility index (Phi) is 8.49. The highest BCUT2D eigenvalue weighted by Gasteiger charge is 2.21. The van der Waals surface area contributed by atoms with Crippen molar-refractivity contribution in [1.29, 1.82) is 0 Å². The second-order valence-electron chi connectivity index (χ2n) is 6.56. The van der Waals surface area contributed by atoms with Crippen molar-refractivity contribution < 1.29 is 18.9 Å². The summed E-state index contributed by atoms with van der Waals surface area (Å²) < 4.78 is 22.9. The maximum absolute atomic E-state index is 6.08. The van der Waals surface area contributed by atoms with Gasteiger partial charge in [0.1, 0.15) is 17.9 Å². The number of hydrogen-bond acceptors (Lipinski definition) is 8. The lowest BCUT2D eigenvalue weighted by Crippen LogP contribution is -2.01. The number of ether oxygens (including phenoxy) is 4. The first-order chi connectivity index (χ1) is 16.3. The molecule has 0 bridgehead atoms. The van der Waals surface area contributed by atoms with Gasteiger partial charge in [0.25, 0.3) is 0 Å². The number of fused-ring (bicyclic) bond motifs is 1. The van der Waals surface area contributed by atoms with Crippen LogP contribution in [0, 0.1) is 0 Å². The average Bonchev–Trinajstić information content (AvgIpc) is 3.23. The van der Waals surface area contributed by atoms with Crippen LogP contribution in [0.2, 0.25) is 0 Å². The molecular weight excluding hydrogens is 505 g/mol. The summed E-state index contributed by atoms with van der Waals surface area (Å²) >= 11 is 14.4. The van der Waals surface area contributed by atoms with E-state index in [1.54, 1.807) is 28.4 Å². The SMILES string of the molecule is COc1ccc(-n2c(-c3cc(OC)c(OC)c(OC)c3)nc3c(N)ncnc32)cc1.ClC(Cl)Cl. The van der Waals surface area contributed by atoms with Crippen molar-refractivity contribution >= 4 is 51.8 Å². The number of nitrogens with zero attached hydrogens (tertiary/aromatic N) is 4. The molecule has 0 spiro atoms. The summed E-state index contributed by atoms with van der Waals surface area (Å²) in [5.41, 5.74) is 8.73. The molecule has 0 aliphatic heterocycles. The average molecular weight is 527 g/mol. The molecule has 0 radical (unpaired) electrons. The van der Waals surface area contributed by atoms with Gasteiger partial charge in [-0.3, -0.25) is 4.57 Å². The summed E-state index contributed by atoms with van der Waals surface area (Å²) in [6.45, 7) is 0. The second-order valence-corrected chi connectivity index (χ2v) is 8.54. The van der Waals surface area contributed by atoms with Crippen molar-refractivity contribution in [1.82, 2.24) is 19.5 Å². The molecule has 0 atom stereocenters. The van der Waals surface area contributed by atoms with E-state index >= 15 is 0 Å². The minimum absolute atomic E-state index is 0.293. The lowest BCUT2D eigenvalue weighted by Gasteiger charge is -2.15. The predicted octanol–water partition coefficient (Wildman–Crippen LogP) is 5.09. The molecule has 2 heterocycles. The van der Waals surface area contributed by atoms with E-state index in [9.17, 15) is 0 Å². The van der Waals surface area contributed by atoms with Gasteiger partial charge < -0.3 is 24.7 Å². The van der Waals surface area contributed by atoms with Crippen LogP contribution < -0.4 is 24.7 Å². The quantitative estimate of drug-likeness (QED) is 0.346. The molecule has 9 nitrogen and oxygen atoms in total. The number of aromatic nitrogens is 4. The zero-order valence-corrected chi connectivity index (χ0v) is 21.0. The van der Waals surface area contributed by atoms with E-state index in [0.717, 1.165) is 17.0 Å². The van der Waals surface area contributed by atoms with Gasteiger partial charge in [-0.2, -0.15) is 0 Å². The number of imidazole rings is 1. The number of alkyl halides is 3. The minimum Gasteiger partial charge on any atom is -0.497 e. The van der Waals surface area contributed by atoms with E-state index in [4.69, 9.17) is 64.5 Å². The highest BCUT2D eigenvalue weighted by Crippen LogP contribution is 2.42. The van der Waals surface area contributed by atoms with Crippen molar-refractivity contribution in [2.45, 2.75) is 4.30 Å². The summed E-state index contributed by atoms with van der Waals surface area (Å²) in [6.07, 6.45) is 1.42. The smallest absolute Gasteiger partial charge is 0.203 e. The topological polar surface area (TPSA) is 107 Å². The van der Waals surface area contributed by atoms with Crippen molar-refractivity contribution in [3.8, 4) is 40.1 Å². The molecule has 2 aromatic heterocycles. The highest BCUT2D eigenvalue weighted by atomic mass is 35.6. The maximum atomic E-state index is 6.08. The molecule has 2 N–H and O–H groups in total. The van der Waals surface area contributed by atoms with Gasteiger partial charge in [-0.15, -0.1) is 0 Å². The fourth-order valence-electron chi connectivity index (χ4n) is 3.29. The molecule has 0 unspecified atom stereocenters. The molecular formula is C22H22Cl3N5O4. The molecule has 0 aliphatic rings. The molecule has 12 heteroatoms. The van der Waals surface area contributed by atoms with E-state index in [1.807, 2.05) is 41.0 Å². The van der Waals surface area contributed by atoms with Gasteiger partial charge in [-0.25, -0.2) is 15.0 Å². The largest absolute Gasteiger partial charge is 0.497 e. The standard InChI is InChI=1S/C21H21N5O4.CHCl3/c1-27-14-7-5-13(6-8-14)26-20(25-17-19(22)23-11-24-21(17)26)12-9-15(28-2)18(30-4)16(10-12)29-3;2-1(3)4/h5-11H,1-4H3,(H2,22,23,24);1H. The normalized spacial score (nSPS) is 10.6. The van der Waals surface area contributed by atoms with Crippen LogP contribution in [-0.2, 0) is 0 Å². The van der Waals surface area contributed by atoms with Crippen LogP contribution in [0.25, 0.3) is 28.2 Å². The molecule has 34 heavy (non-hydrogen) atoms. The fraction of sp³-hybridized carbons (Fsp3) is 0.227. The summed E-state index contributed by atoms with van der Waals surface area (Å²) in [5.74, 6) is 3.16. The minimum atomic E-state index is -0.750. The van der Waals surface area contributed by atoms with Crippen LogP contribution in [0.15, 0.2) is 42.7 Å². The summed E-state index contributed by atoms with van der Waals surface area (Å²) in [6, 6.07) is 11.2. The van der Waals surface area contributed by atoms with Crippen molar-refractivity contribution in [3.05, 3.63) is 42.7 Å². The molecule has 0 aliphatic carbocycles. The number of hydrogen-bond donors (Lipinski definition) is 1. The van der Waals surface area contributed by atoms with Crippen LogP contribution in [0.3, 0.4) is 0 Å². The van der Waals surface area contributed by atoms with Crippen molar-refractivity contribution in [2.24, 2.45) is 0 Å². The Morgan fingerprint density at radius 2 is 1.44 bits per heavy atom. The molecule has 0 saturated heterocycles. The number of nitrogen functional groups attached to an aromatic ring is 1. The van der Waals surface area contributed by atoms with E-state index in [0.29, 0.717) is 40.1 Å². The Bertz CT molecular complexity index is 1240. The third-order valence-electron chi connectivity index (χ3n) is 4.73. The number of nitrogens with two attached hydrogens (primary N) is 1. The van der Waals surface area contributed by atoms with Gasteiger partial charge in [0.2, 0.25) is 5.75 Å². The van der Waals surface area contributed by atoms with E-state index in [-0.39, 0.29) is 0 Å². The molecule has 0 fully saturated rings. The van der Waals surface area contributed by atoms with Gasteiger partial charge in [0, 0.05) is 11.3 Å². The lowest BCUT2D eigenvalue weighted by atomic mass is 10.1. The van der Waals surface area contributed by atoms with E-state index in [2.05, 4.69) is 9.97 Å². The fourth-order valence-corrected chi connectivity index (χ4v) is 3.29. The Balaban J connectivity index is 0.000000751. The van der Waals surface area contributed by atoms with Crippen LogP contribution in [-0.4, -0.2) is 52.3 Å². The first-order valence-electron chi connectivity index (χ1n) is 9.70. The van der Waals surface area contributed by atoms with Crippen LogP contribution in [0.1, 0.15) is 0 Å².